The fraction of sp³-hybridized carbons (Fsp3) is 0.455. The minimum absolute atomic E-state index is 0.0167. The molecule has 0 saturated carbocycles. The first-order valence-electron chi connectivity index (χ1n) is 10.7. The van der Waals surface area contributed by atoms with Crippen molar-refractivity contribution in [3.8, 4) is 0 Å². The summed E-state index contributed by atoms with van der Waals surface area (Å²) in [6, 6.07) is 3.97. The molecule has 0 bridgehead atoms. The Labute approximate surface area is 185 Å². The van der Waals surface area contributed by atoms with Gasteiger partial charge in [0.05, 0.1) is 18.8 Å². The molecule has 3 aromatic heterocycles. The standard InChI is InChI=1S/C22H26N6O2S/c1-13-9-15(25-22-23-11-14(2)31-22)10-18(24-13)19-12-28(7-8-30-19)21(29)20-16-5-3-4-6-17(16)26-27-20/h9-11,19H,3-8,12H2,1-2H3,(H,26,27)(H,23,24,25)/t19-/m0/s1. The van der Waals surface area contributed by atoms with Crippen LogP contribution in [0.5, 0.6) is 0 Å². The van der Waals surface area contributed by atoms with Crippen molar-refractivity contribution in [2.75, 3.05) is 25.0 Å². The Morgan fingerprint density at radius 2 is 2.16 bits per heavy atom. The van der Waals surface area contributed by atoms with Gasteiger partial charge in [-0.05, 0) is 51.7 Å². The van der Waals surface area contributed by atoms with Gasteiger partial charge in [-0.15, -0.1) is 11.3 Å². The molecule has 1 saturated heterocycles. The largest absolute Gasteiger partial charge is 0.368 e. The second kappa shape index (κ2) is 8.39. The maximum atomic E-state index is 13.2. The number of pyridine rings is 1. The van der Waals surface area contributed by atoms with Crippen LogP contribution in [0.15, 0.2) is 18.3 Å². The number of fused-ring (bicyclic) bond motifs is 1. The monoisotopic (exact) mass is 438 g/mol. The van der Waals surface area contributed by atoms with E-state index in [1.165, 1.54) is 0 Å². The number of anilines is 2. The van der Waals surface area contributed by atoms with E-state index in [2.05, 4.69) is 25.5 Å². The van der Waals surface area contributed by atoms with Gasteiger partial charge in [0.1, 0.15) is 6.10 Å². The van der Waals surface area contributed by atoms with E-state index in [9.17, 15) is 4.79 Å². The topological polar surface area (TPSA) is 96.0 Å². The van der Waals surface area contributed by atoms with Crippen LogP contribution in [0, 0.1) is 13.8 Å². The lowest BCUT2D eigenvalue weighted by molar-refractivity contribution is -0.0249. The molecule has 0 aromatic carbocycles. The van der Waals surface area contributed by atoms with Crippen LogP contribution in [0.3, 0.4) is 0 Å². The average Bonchev–Trinajstić information content (AvgIpc) is 3.39. The number of nitrogens with one attached hydrogen (secondary N) is 2. The molecule has 1 aliphatic carbocycles. The summed E-state index contributed by atoms with van der Waals surface area (Å²) in [5, 5.41) is 11.6. The molecule has 2 aliphatic rings. The van der Waals surface area contributed by atoms with Crippen molar-refractivity contribution in [1.82, 2.24) is 25.1 Å². The highest BCUT2D eigenvalue weighted by Crippen LogP contribution is 2.29. The lowest BCUT2D eigenvalue weighted by atomic mass is 9.95. The SMILES string of the molecule is Cc1cc(Nc2ncc(C)s2)cc([C@@H]2CN(C(=O)c3n[nH]c4c3CCCC4)CCO2)n1. The predicted molar refractivity (Wildman–Crippen MR) is 119 cm³/mol. The number of hydrogen-bond donors (Lipinski definition) is 2. The summed E-state index contributed by atoms with van der Waals surface area (Å²) in [4.78, 5) is 25.3. The number of hydrogen-bond acceptors (Lipinski definition) is 7. The van der Waals surface area contributed by atoms with Crippen molar-refractivity contribution in [2.45, 2.75) is 45.6 Å². The number of carbonyl (C=O) groups excluding carboxylic acids is 1. The zero-order valence-corrected chi connectivity index (χ0v) is 18.6. The molecule has 9 heteroatoms. The molecule has 0 radical (unpaired) electrons. The number of aryl methyl sites for hydroxylation is 3. The van der Waals surface area contributed by atoms with Gasteiger partial charge < -0.3 is 15.0 Å². The van der Waals surface area contributed by atoms with Crippen molar-refractivity contribution in [1.29, 1.82) is 0 Å². The summed E-state index contributed by atoms with van der Waals surface area (Å²) in [6.07, 6.45) is 5.74. The Kier molecular flexibility index (Phi) is 5.45. The molecule has 1 atom stereocenters. The molecule has 1 amide bonds. The van der Waals surface area contributed by atoms with Crippen molar-refractivity contribution in [3.05, 3.63) is 51.5 Å². The maximum absolute atomic E-state index is 13.2. The van der Waals surface area contributed by atoms with Gasteiger partial charge in [0.2, 0.25) is 0 Å². The number of thiazole rings is 1. The number of nitrogens with zero attached hydrogens (tertiary/aromatic N) is 4. The van der Waals surface area contributed by atoms with Gasteiger partial charge in [0.15, 0.2) is 10.8 Å². The molecule has 5 rings (SSSR count). The van der Waals surface area contributed by atoms with Crippen LogP contribution in [-0.2, 0) is 17.6 Å². The molecular formula is C22H26N6O2S. The van der Waals surface area contributed by atoms with E-state index in [1.54, 1.807) is 11.3 Å². The van der Waals surface area contributed by atoms with Crippen molar-refractivity contribution >= 4 is 28.1 Å². The van der Waals surface area contributed by atoms with Gasteiger partial charge >= 0.3 is 0 Å². The van der Waals surface area contributed by atoms with Gasteiger partial charge in [-0.25, -0.2) is 4.98 Å². The Hall–Kier alpha value is -2.78. The van der Waals surface area contributed by atoms with Crippen LogP contribution >= 0.6 is 11.3 Å². The fourth-order valence-corrected chi connectivity index (χ4v) is 4.97. The number of H-pyrrole nitrogens is 1. The number of rotatable bonds is 4. The molecule has 2 N–H and O–H groups in total. The van der Waals surface area contributed by atoms with Gasteiger partial charge in [0, 0.05) is 40.3 Å². The molecule has 8 nitrogen and oxygen atoms in total. The highest BCUT2D eigenvalue weighted by atomic mass is 32.1. The highest BCUT2D eigenvalue weighted by molar-refractivity contribution is 7.15. The van der Waals surface area contributed by atoms with Crippen LogP contribution in [0.25, 0.3) is 0 Å². The third kappa shape index (κ3) is 4.20. The second-order valence-corrected chi connectivity index (χ2v) is 9.40. The molecule has 0 unspecified atom stereocenters. The Balaban J connectivity index is 1.34. The molecular weight excluding hydrogens is 412 g/mol. The lowest BCUT2D eigenvalue weighted by Gasteiger charge is -2.32. The quantitative estimate of drug-likeness (QED) is 0.645. The van der Waals surface area contributed by atoms with Gasteiger partial charge in [-0.2, -0.15) is 5.10 Å². The van der Waals surface area contributed by atoms with E-state index in [-0.39, 0.29) is 12.0 Å². The van der Waals surface area contributed by atoms with E-state index < -0.39 is 0 Å². The number of carbonyl (C=O) groups is 1. The van der Waals surface area contributed by atoms with E-state index in [1.807, 2.05) is 37.1 Å². The number of aromatic nitrogens is 4. The molecule has 1 fully saturated rings. The third-order valence-corrected chi connectivity index (χ3v) is 6.62. The van der Waals surface area contributed by atoms with Crippen molar-refractivity contribution < 1.29 is 9.53 Å². The summed E-state index contributed by atoms with van der Waals surface area (Å²) >= 11 is 1.61. The zero-order valence-electron chi connectivity index (χ0n) is 17.8. The first-order chi connectivity index (χ1) is 15.1. The van der Waals surface area contributed by atoms with Crippen molar-refractivity contribution in [3.63, 3.8) is 0 Å². The summed E-state index contributed by atoms with van der Waals surface area (Å²) in [5.74, 6) is -0.0167. The van der Waals surface area contributed by atoms with E-state index in [4.69, 9.17) is 4.74 Å². The van der Waals surface area contributed by atoms with Crippen LogP contribution in [-0.4, -0.2) is 50.7 Å². The molecule has 3 aromatic rings. The fourth-order valence-electron chi connectivity index (χ4n) is 4.29. The van der Waals surface area contributed by atoms with Crippen LogP contribution in [0.2, 0.25) is 0 Å². The van der Waals surface area contributed by atoms with Crippen LogP contribution in [0.1, 0.15) is 57.0 Å². The van der Waals surface area contributed by atoms with Gasteiger partial charge in [-0.3, -0.25) is 14.9 Å². The zero-order chi connectivity index (χ0) is 21.4. The normalized spacial score (nSPS) is 18.6. The highest BCUT2D eigenvalue weighted by Gasteiger charge is 2.31. The minimum Gasteiger partial charge on any atom is -0.368 e. The lowest BCUT2D eigenvalue weighted by Crippen LogP contribution is -2.43. The summed E-state index contributed by atoms with van der Waals surface area (Å²) in [5.41, 5.74) is 5.42. The Morgan fingerprint density at radius 1 is 1.29 bits per heavy atom. The molecule has 0 spiro atoms. The summed E-state index contributed by atoms with van der Waals surface area (Å²) in [6.45, 7) is 5.50. The van der Waals surface area contributed by atoms with Crippen LogP contribution < -0.4 is 5.32 Å². The average molecular weight is 439 g/mol. The van der Waals surface area contributed by atoms with Gasteiger partial charge in [0.25, 0.3) is 5.91 Å². The van der Waals surface area contributed by atoms with Crippen molar-refractivity contribution in [2.24, 2.45) is 0 Å². The number of morpholine rings is 1. The molecule has 1 aliphatic heterocycles. The summed E-state index contributed by atoms with van der Waals surface area (Å²) < 4.78 is 6.01. The van der Waals surface area contributed by atoms with Gasteiger partial charge in [-0.1, -0.05) is 0 Å². The molecule has 31 heavy (non-hydrogen) atoms. The molecule has 4 heterocycles. The summed E-state index contributed by atoms with van der Waals surface area (Å²) in [7, 11) is 0. The number of aromatic amines is 1. The molecule has 162 valence electrons. The second-order valence-electron chi connectivity index (χ2n) is 8.17. The van der Waals surface area contributed by atoms with E-state index >= 15 is 0 Å². The van der Waals surface area contributed by atoms with E-state index in [0.29, 0.717) is 25.4 Å². The minimum atomic E-state index is -0.272. The first kappa shape index (κ1) is 20.1. The Morgan fingerprint density at radius 3 is 3.00 bits per heavy atom. The van der Waals surface area contributed by atoms with Crippen LogP contribution in [0.4, 0.5) is 10.8 Å². The third-order valence-electron chi connectivity index (χ3n) is 5.79. The number of ether oxygens (including phenoxy) is 1. The first-order valence-corrected chi connectivity index (χ1v) is 11.5. The Bertz CT molecular complexity index is 1110. The predicted octanol–water partition coefficient (Wildman–Crippen LogP) is 3.71. The smallest absolute Gasteiger partial charge is 0.274 e. The number of amides is 1. The maximum Gasteiger partial charge on any atom is 0.274 e. The van der Waals surface area contributed by atoms with E-state index in [0.717, 1.165) is 64.0 Å².